The van der Waals surface area contributed by atoms with Gasteiger partial charge < -0.3 is 10.2 Å². The largest absolute Gasteiger partial charge is 0.389 e. The first-order valence-corrected chi connectivity index (χ1v) is 4.64. The fourth-order valence-corrected chi connectivity index (χ4v) is 1.89. The van der Waals surface area contributed by atoms with Crippen LogP contribution in [0.3, 0.4) is 0 Å². The average molecular weight is 152 g/mol. The highest BCUT2D eigenvalue weighted by atomic mass is 15.2. The van der Waals surface area contributed by atoms with Crippen molar-refractivity contribution >= 4 is 0 Å². The lowest BCUT2D eigenvalue weighted by molar-refractivity contribution is 0.293. The molecular formula is C9H16N2. The van der Waals surface area contributed by atoms with E-state index < -0.39 is 0 Å². The minimum atomic E-state index is 1.15. The Morgan fingerprint density at radius 3 is 3.09 bits per heavy atom. The zero-order valence-corrected chi connectivity index (χ0v) is 6.97. The van der Waals surface area contributed by atoms with Crippen molar-refractivity contribution in [1.82, 2.24) is 10.2 Å². The van der Waals surface area contributed by atoms with Crippen LogP contribution in [0.25, 0.3) is 0 Å². The molecule has 0 saturated carbocycles. The van der Waals surface area contributed by atoms with Crippen LogP contribution >= 0.6 is 0 Å². The summed E-state index contributed by atoms with van der Waals surface area (Å²) < 4.78 is 0. The van der Waals surface area contributed by atoms with Gasteiger partial charge in [0, 0.05) is 31.5 Å². The minimum Gasteiger partial charge on any atom is -0.389 e. The fourth-order valence-electron chi connectivity index (χ4n) is 1.89. The van der Waals surface area contributed by atoms with Gasteiger partial charge >= 0.3 is 0 Å². The first kappa shape index (κ1) is 7.01. The molecule has 2 heteroatoms. The zero-order valence-electron chi connectivity index (χ0n) is 6.97. The second-order valence-corrected chi connectivity index (χ2v) is 3.39. The summed E-state index contributed by atoms with van der Waals surface area (Å²) >= 11 is 0. The van der Waals surface area contributed by atoms with Crippen LogP contribution in [0.2, 0.25) is 0 Å². The summed E-state index contributed by atoms with van der Waals surface area (Å²) in [7, 11) is 0. The molecule has 0 aromatic carbocycles. The summed E-state index contributed by atoms with van der Waals surface area (Å²) in [5.41, 5.74) is 1.54. The van der Waals surface area contributed by atoms with Crippen molar-refractivity contribution in [3.8, 4) is 0 Å². The molecule has 62 valence electrons. The van der Waals surface area contributed by atoms with Gasteiger partial charge in [0.1, 0.15) is 0 Å². The van der Waals surface area contributed by atoms with Crippen LogP contribution in [0.1, 0.15) is 25.7 Å². The fraction of sp³-hybridized carbons (Fsp3) is 0.778. The standard InChI is InChI=1S/C9H16N2/c1-2-6-11-7-3-5-10-8-9(11)4-1/h8,10H,1-7H2. The smallest absolute Gasteiger partial charge is 0.0292 e. The van der Waals surface area contributed by atoms with Crippen molar-refractivity contribution < 1.29 is 0 Å². The number of nitrogens with one attached hydrogen (secondary N) is 1. The van der Waals surface area contributed by atoms with Crippen LogP contribution in [0.4, 0.5) is 0 Å². The van der Waals surface area contributed by atoms with Crippen molar-refractivity contribution in [2.75, 3.05) is 19.6 Å². The SMILES string of the molecule is C1=C2CCCCN2CCCN1. The molecule has 2 rings (SSSR count). The Labute approximate surface area is 68.3 Å². The predicted octanol–water partition coefficient (Wildman–Crippen LogP) is 1.31. The second-order valence-electron chi connectivity index (χ2n) is 3.39. The highest BCUT2D eigenvalue weighted by Gasteiger charge is 2.15. The number of fused-ring (bicyclic) bond motifs is 1. The quantitative estimate of drug-likeness (QED) is 0.563. The lowest BCUT2D eigenvalue weighted by Crippen LogP contribution is -2.28. The molecule has 2 aliphatic rings. The molecule has 0 amide bonds. The van der Waals surface area contributed by atoms with Gasteiger partial charge in [0.2, 0.25) is 0 Å². The molecule has 0 aliphatic carbocycles. The summed E-state index contributed by atoms with van der Waals surface area (Å²) in [6.07, 6.45) is 7.56. The Morgan fingerprint density at radius 1 is 1.18 bits per heavy atom. The van der Waals surface area contributed by atoms with Crippen molar-refractivity contribution in [1.29, 1.82) is 0 Å². The number of hydrogen-bond donors (Lipinski definition) is 1. The molecule has 0 aromatic heterocycles. The Kier molecular flexibility index (Phi) is 2.01. The Hall–Kier alpha value is -0.660. The van der Waals surface area contributed by atoms with Gasteiger partial charge in [0.05, 0.1) is 0 Å². The Morgan fingerprint density at radius 2 is 2.09 bits per heavy atom. The van der Waals surface area contributed by atoms with Gasteiger partial charge in [0.25, 0.3) is 0 Å². The molecular weight excluding hydrogens is 136 g/mol. The van der Waals surface area contributed by atoms with Crippen molar-refractivity contribution in [2.24, 2.45) is 0 Å². The first-order chi connectivity index (χ1) is 5.47. The van der Waals surface area contributed by atoms with E-state index in [2.05, 4.69) is 16.4 Å². The number of nitrogens with zero attached hydrogens (tertiary/aromatic N) is 1. The Bertz CT molecular complexity index is 163. The van der Waals surface area contributed by atoms with E-state index in [1.165, 1.54) is 44.5 Å². The third-order valence-corrected chi connectivity index (χ3v) is 2.53. The minimum absolute atomic E-state index is 1.15. The average Bonchev–Trinajstić information content (AvgIpc) is 2.28. The molecule has 1 N–H and O–H groups in total. The molecule has 0 bridgehead atoms. The Balaban J connectivity index is 2.06. The molecule has 0 atom stereocenters. The molecule has 0 radical (unpaired) electrons. The number of piperidine rings is 1. The van der Waals surface area contributed by atoms with Gasteiger partial charge in [-0.05, 0) is 25.7 Å². The summed E-state index contributed by atoms with van der Waals surface area (Å²) in [5.74, 6) is 0. The van der Waals surface area contributed by atoms with Crippen LogP contribution in [-0.2, 0) is 0 Å². The highest BCUT2D eigenvalue weighted by molar-refractivity contribution is 5.04. The van der Waals surface area contributed by atoms with Gasteiger partial charge in [-0.25, -0.2) is 0 Å². The maximum atomic E-state index is 3.34. The van der Waals surface area contributed by atoms with Crippen LogP contribution in [-0.4, -0.2) is 24.5 Å². The van der Waals surface area contributed by atoms with Gasteiger partial charge in [-0.15, -0.1) is 0 Å². The van der Waals surface area contributed by atoms with Crippen molar-refractivity contribution in [3.05, 3.63) is 11.9 Å². The molecule has 1 saturated heterocycles. The number of hydrogen-bond acceptors (Lipinski definition) is 2. The highest BCUT2D eigenvalue weighted by Crippen LogP contribution is 2.20. The predicted molar refractivity (Wildman–Crippen MR) is 46.1 cm³/mol. The van der Waals surface area contributed by atoms with Crippen molar-refractivity contribution in [3.63, 3.8) is 0 Å². The van der Waals surface area contributed by atoms with E-state index in [0.717, 1.165) is 6.54 Å². The summed E-state index contributed by atoms with van der Waals surface area (Å²) in [6.45, 7) is 3.70. The molecule has 2 nitrogen and oxygen atoms in total. The van der Waals surface area contributed by atoms with Crippen LogP contribution in [0.5, 0.6) is 0 Å². The van der Waals surface area contributed by atoms with E-state index in [9.17, 15) is 0 Å². The lowest BCUT2D eigenvalue weighted by Gasteiger charge is -2.29. The molecule has 11 heavy (non-hydrogen) atoms. The number of allylic oxidation sites excluding steroid dienone is 1. The van der Waals surface area contributed by atoms with E-state index in [-0.39, 0.29) is 0 Å². The van der Waals surface area contributed by atoms with E-state index in [1.807, 2.05) is 0 Å². The van der Waals surface area contributed by atoms with E-state index >= 15 is 0 Å². The third kappa shape index (κ3) is 1.50. The topological polar surface area (TPSA) is 15.3 Å². The summed E-state index contributed by atoms with van der Waals surface area (Å²) in [6, 6.07) is 0. The van der Waals surface area contributed by atoms with Crippen LogP contribution in [0, 0.1) is 0 Å². The second kappa shape index (κ2) is 3.16. The first-order valence-electron chi connectivity index (χ1n) is 4.64. The van der Waals surface area contributed by atoms with Crippen LogP contribution in [0.15, 0.2) is 11.9 Å². The maximum absolute atomic E-state index is 3.34. The molecule has 1 fully saturated rings. The van der Waals surface area contributed by atoms with Gasteiger partial charge in [-0.1, -0.05) is 0 Å². The van der Waals surface area contributed by atoms with Gasteiger partial charge in [0.15, 0.2) is 0 Å². The van der Waals surface area contributed by atoms with E-state index in [1.54, 1.807) is 0 Å². The normalized spacial score (nSPS) is 24.7. The molecule has 0 unspecified atom stereocenters. The monoisotopic (exact) mass is 152 g/mol. The van der Waals surface area contributed by atoms with Gasteiger partial charge in [-0.3, -0.25) is 0 Å². The summed E-state index contributed by atoms with van der Waals surface area (Å²) in [5, 5.41) is 3.34. The zero-order chi connectivity index (χ0) is 7.52. The molecule has 2 aliphatic heterocycles. The molecule has 2 heterocycles. The maximum Gasteiger partial charge on any atom is 0.0292 e. The number of rotatable bonds is 0. The van der Waals surface area contributed by atoms with Gasteiger partial charge in [-0.2, -0.15) is 0 Å². The molecule has 0 spiro atoms. The lowest BCUT2D eigenvalue weighted by atomic mass is 10.1. The van der Waals surface area contributed by atoms with E-state index in [4.69, 9.17) is 0 Å². The van der Waals surface area contributed by atoms with E-state index in [0.29, 0.717) is 0 Å². The molecule has 0 aromatic rings. The third-order valence-electron chi connectivity index (χ3n) is 2.53. The van der Waals surface area contributed by atoms with Crippen LogP contribution < -0.4 is 5.32 Å². The van der Waals surface area contributed by atoms with Crippen molar-refractivity contribution in [2.45, 2.75) is 25.7 Å². The summed E-state index contributed by atoms with van der Waals surface area (Å²) in [4.78, 5) is 2.53.